The highest BCUT2D eigenvalue weighted by Gasteiger charge is 2.17. The zero-order valence-corrected chi connectivity index (χ0v) is 11.7. The molecule has 2 aromatic rings. The Hall–Kier alpha value is -1.80. The lowest BCUT2D eigenvalue weighted by Crippen LogP contribution is -2.27. The van der Waals surface area contributed by atoms with E-state index in [1.54, 1.807) is 12.1 Å². The van der Waals surface area contributed by atoms with Gasteiger partial charge in [-0.2, -0.15) is 0 Å². The number of hydrogen-bond acceptors (Lipinski definition) is 2. The van der Waals surface area contributed by atoms with Gasteiger partial charge < -0.3 is 10.4 Å². The summed E-state index contributed by atoms with van der Waals surface area (Å²) in [6.45, 7) is 2.25. The van der Waals surface area contributed by atoms with Crippen LogP contribution in [0, 0.1) is 0 Å². The van der Waals surface area contributed by atoms with Crippen LogP contribution < -0.4 is 5.32 Å². The van der Waals surface area contributed by atoms with Gasteiger partial charge in [-0.25, -0.2) is 0 Å². The summed E-state index contributed by atoms with van der Waals surface area (Å²) in [6, 6.07) is 16.3. The molecule has 2 nitrogen and oxygen atoms in total. The zero-order valence-electron chi connectivity index (χ0n) is 11.7. The second-order valence-corrected chi connectivity index (χ2v) is 5.57. The number of piperidine rings is 1. The number of aromatic hydroxyl groups is 1. The third-order valence-corrected chi connectivity index (χ3v) is 4.16. The third kappa shape index (κ3) is 3.02. The van der Waals surface area contributed by atoms with E-state index in [9.17, 15) is 5.11 Å². The van der Waals surface area contributed by atoms with E-state index in [4.69, 9.17) is 0 Å². The maximum Gasteiger partial charge on any atom is 0.115 e. The molecule has 0 unspecified atom stereocenters. The van der Waals surface area contributed by atoms with Crippen LogP contribution >= 0.6 is 0 Å². The van der Waals surface area contributed by atoms with Crippen molar-refractivity contribution in [2.75, 3.05) is 13.1 Å². The highest BCUT2D eigenvalue weighted by Crippen LogP contribution is 2.29. The monoisotopic (exact) mass is 267 g/mol. The van der Waals surface area contributed by atoms with Crippen molar-refractivity contribution in [3.8, 4) is 5.75 Å². The van der Waals surface area contributed by atoms with Crippen LogP contribution in [0.4, 0.5) is 0 Å². The Morgan fingerprint density at radius 1 is 0.950 bits per heavy atom. The molecule has 1 fully saturated rings. The van der Waals surface area contributed by atoms with Crippen molar-refractivity contribution < 1.29 is 5.11 Å². The fourth-order valence-electron chi connectivity index (χ4n) is 3.06. The molecule has 1 aliphatic heterocycles. The molecule has 0 radical (unpaired) electrons. The quantitative estimate of drug-likeness (QED) is 0.892. The summed E-state index contributed by atoms with van der Waals surface area (Å²) in [6.07, 6.45) is 3.40. The molecule has 0 amide bonds. The third-order valence-electron chi connectivity index (χ3n) is 4.16. The molecule has 3 rings (SSSR count). The van der Waals surface area contributed by atoms with Crippen molar-refractivity contribution in [2.45, 2.75) is 25.2 Å². The van der Waals surface area contributed by atoms with Gasteiger partial charge in [-0.15, -0.1) is 0 Å². The average Bonchev–Trinajstić information content (AvgIpc) is 2.51. The predicted molar refractivity (Wildman–Crippen MR) is 82.2 cm³/mol. The van der Waals surface area contributed by atoms with Crippen molar-refractivity contribution in [1.29, 1.82) is 0 Å². The molecule has 1 aliphatic rings. The van der Waals surface area contributed by atoms with Gasteiger partial charge in [0.25, 0.3) is 0 Å². The van der Waals surface area contributed by atoms with Crippen LogP contribution in [0.1, 0.15) is 35.4 Å². The first-order valence-electron chi connectivity index (χ1n) is 7.39. The van der Waals surface area contributed by atoms with Gasteiger partial charge in [0.2, 0.25) is 0 Å². The summed E-state index contributed by atoms with van der Waals surface area (Å²) in [5.74, 6) is 1.02. The molecule has 1 heterocycles. The molecule has 1 saturated heterocycles. The van der Waals surface area contributed by atoms with E-state index in [1.807, 2.05) is 12.1 Å². The van der Waals surface area contributed by atoms with Gasteiger partial charge >= 0.3 is 0 Å². The summed E-state index contributed by atoms with van der Waals surface area (Å²) in [5.41, 5.74) is 4.18. The van der Waals surface area contributed by atoms with Gasteiger partial charge in [0.15, 0.2) is 0 Å². The van der Waals surface area contributed by atoms with Crippen molar-refractivity contribution in [3.05, 3.63) is 65.2 Å². The first kappa shape index (κ1) is 13.2. The number of benzene rings is 2. The van der Waals surface area contributed by atoms with Crippen LogP contribution in [0.25, 0.3) is 0 Å². The highest BCUT2D eigenvalue weighted by atomic mass is 16.3. The molecule has 2 aromatic carbocycles. The van der Waals surface area contributed by atoms with E-state index < -0.39 is 0 Å². The van der Waals surface area contributed by atoms with E-state index in [2.05, 4.69) is 29.6 Å². The van der Waals surface area contributed by atoms with Gasteiger partial charge in [-0.05, 0) is 67.1 Å². The standard InChI is InChI=1S/C18H21NO/c20-17-7-5-14(6-8-17)13-16-3-1-2-4-18(16)15-9-11-19-12-10-15/h1-8,15,19-20H,9-13H2. The molecule has 0 spiro atoms. The molecule has 0 aromatic heterocycles. The fourth-order valence-corrected chi connectivity index (χ4v) is 3.06. The molecule has 2 heteroatoms. The smallest absolute Gasteiger partial charge is 0.115 e. The topological polar surface area (TPSA) is 32.3 Å². The molecule has 104 valence electrons. The van der Waals surface area contributed by atoms with Gasteiger partial charge in [0, 0.05) is 0 Å². The number of rotatable bonds is 3. The largest absolute Gasteiger partial charge is 0.508 e. The Labute approximate surface area is 120 Å². The second-order valence-electron chi connectivity index (χ2n) is 5.57. The molecular weight excluding hydrogens is 246 g/mol. The molecule has 0 aliphatic carbocycles. The van der Waals surface area contributed by atoms with Crippen LogP contribution in [-0.2, 0) is 6.42 Å². The van der Waals surface area contributed by atoms with E-state index in [-0.39, 0.29) is 0 Å². The highest BCUT2D eigenvalue weighted by molar-refractivity contribution is 5.36. The number of phenols is 1. The first-order valence-corrected chi connectivity index (χ1v) is 7.39. The molecule has 0 atom stereocenters. The van der Waals surface area contributed by atoms with Crippen molar-refractivity contribution in [2.24, 2.45) is 0 Å². The molecule has 2 N–H and O–H groups in total. The lowest BCUT2D eigenvalue weighted by atomic mass is 9.85. The number of hydrogen-bond donors (Lipinski definition) is 2. The minimum atomic E-state index is 0.334. The van der Waals surface area contributed by atoms with E-state index in [1.165, 1.54) is 29.5 Å². The van der Waals surface area contributed by atoms with E-state index >= 15 is 0 Å². The summed E-state index contributed by atoms with van der Waals surface area (Å²) >= 11 is 0. The Kier molecular flexibility index (Phi) is 4.03. The molecular formula is C18H21NO. The molecule has 20 heavy (non-hydrogen) atoms. The van der Waals surface area contributed by atoms with Crippen LogP contribution in [0.5, 0.6) is 5.75 Å². The minimum absolute atomic E-state index is 0.334. The van der Waals surface area contributed by atoms with Crippen molar-refractivity contribution in [3.63, 3.8) is 0 Å². The normalized spacial score (nSPS) is 16.2. The number of nitrogens with one attached hydrogen (secondary N) is 1. The maximum absolute atomic E-state index is 9.37. The summed E-state index contributed by atoms with van der Waals surface area (Å²) in [5, 5.41) is 12.8. The van der Waals surface area contributed by atoms with E-state index in [0.717, 1.165) is 19.5 Å². The van der Waals surface area contributed by atoms with Crippen LogP contribution in [0.15, 0.2) is 48.5 Å². The maximum atomic E-state index is 9.37. The molecule has 0 bridgehead atoms. The van der Waals surface area contributed by atoms with E-state index in [0.29, 0.717) is 11.7 Å². The van der Waals surface area contributed by atoms with Gasteiger partial charge in [-0.3, -0.25) is 0 Å². The minimum Gasteiger partial charge on any atom is -0.508 e. The lowest BCUT2D eigenvalue weighted by molar-refractivity contribution is 0.458. The zero-order chi connectivity index (χ0) is 13.8. The van der Waals surface area contributed by atoms with Gasteiger partial charge in [0.1, 0.15) is 5.75 Å². The van der Waals surface area contributed by atoms with Crippen LogP contribution in [0.2, 0.25) is 0 Å². The first-order chi connectivity index (χ1) is 9.83. The Morgan fingerprint density at radius 2 is 1.65 bits per heavy atom. The second kappa shape index (κ2) is 6.10. The van der Waals surface area contributed by atoms with Crippen molar-refractivity contribution >= 4 is 0 Å². The Bertz CT molecular complexity index is 556. The van der Waals surface area contributed by atoms with Crippen molar-refractivity contribution in [1.82, 2.24) is 5.32 Å². The predicted octanol–water partition coefficient (Wildman–Crippen LogP) is 3.45. The summed E-state index contributed by atoms with van der Waals surface area (Å²) < 4.78 is 0. The van der Waals surface area contributed by atoms with Gasteiger partial charge in [-0.1, -0.05) is 36.4 Å². The summed E-state index contributed by atoms with van der Waals surface area (Å²) in [4.78, 5) is 0. The Morgan fingerprint density at radius 3 is 2.40 bits per heavy atom. The van der Waals surface area contributed by atoms with Gasteiger partial charge in [0.05, 0.1) is 0 Å². The fraction of sp³-hybridized carbons (Fsp3) is 0.333. The summed E-state index contributed by atoms with van der Waals surface area (Å²) in [7, 11) is 0. The average molecular weight is 267 g/mol. The molecule has 0 saturated carbocycles. The van der Waals surface area contributed by atoms with Crippen LogP contribution in [-0.4, -0.2) is 18.2 Å². The Balaban J connectivity index is 1.83. The lowest BCUT2D eigenvalue weighted by Gasteiger charge is -2.25. The number of phenolic OH excluding ortho intramolecular Hbond substituents is 1. The SMILES string of the molecule is Oc1ccc(Cc2ccccc2C2CCNCC2)cc1. The van der Waals surface area contributed by atoms with Crippen LogP contribution in [0.3, 0.4) is 0 Å².